The van der Waals surface area contributed by atoms with Crippen molar-refractivity contribution in [1.29, 1.82) is 0 Å². The Hall–Kier alpha value is 1.09. The molecular weight excluding hydrogens is 389 g/mol. The van der Waals surface area contributed by atoms with Crippen molar-refractivity contribution in [2.24, 2.45) is 17.3 Å². The molecule has 5 atom stereocenters. The van der Waals surface area contributed by atoms with Gasteiger partial charge in [0, 0.05) is 0 Å². The Morgan fingerprint density at radius 2 is 1.70 bits per heavy atom. The van der Waals surface area contributed by atoms with Crippen molar-refractivity contribution in [3.05, 3.63) is 29.3 Å². The van der Waals surface area contributed by atoms with E-state index < -0.39 is 7.82 Å². The monoisotopic (exact) mass is 418 g/mol. The first-order valence-electron chi connectivity index (χ1n) is 8.88. The fourth-order valence-corrected chi connectivity index (χ4v) is 5.54. The maximum atomic E-state index is 10.4. The average Bonchev–Trinajstić information content (AvgIpc) is 2.81. The molecule has 27 heavy (non-hydrogen) atoms. The normalized spacial score (nSPS) is 33.8. The third kappa shape index (κ3) is 5.83. The van der Waals surface area contributed by atoms with Gasteiger partial charge in [0.2, 0.25) is 0 Å². The molecule has 0 unspecified atom stereocenters. The van der Waals surface area contributed by atoms with E-state index in [9.17, 15) is 10.2 Å². The van der Waals surface area contributed by atoms with Gasteiger partial charge in [0.05, 0.1) is 6.10 Å². The van der Waals surface area contributed by atoms with Crippen molar-refractivity contribution in [1.82, 2.24) is 0 Å². The van der Waals surface area contributed by atoms with Crippen LogP contribution in [-0.4, -0.2) is 90.1 Å². The van der Waals surface area contributed by atoms with Crippen molar-refractivity contribution in [2.45, 2.75) is 57.5 Å². The molecule has 0 radical (unpaired) electrons. The summed E-state index contributed by atoms with van der Waals surface area (Å²) in [7, 11) is -4.64. The Morgan fingerprint density at radius 1 is 1.07 bits per heavy atom. The maximum absolute atomic E-state index is 10.4. The molecule has 0 saturated heterocycles. The Balaban J connectivity index is 0.000000468. The molecule has 0 heterocycles. The zero-order valence-corrected chi connectivity index (χ0v) is 15.3. The zero-order chi connectivity index (χ0) is 18.4. The summed E-state index contributed by atoms with van der Waals surface area (Å²) in [6.45, 7) is 2.32. The summed E-state index contributed by atoms with van der Waals surface area (Å²) < 4.78 is 8.88. The molecule has 2 fully saturated rings. The van der Waals surface area contributed by atoms with Crippen LogP contribution in [0, 0.1) is 17.3 Å². The van der Waals surface area contributed by atoms with Gasteiger partial charge in [-0.1, -0.05) is 13.0 Å². The predicted molar refractivity (Wildman–Crippen MR) is 107 cm³/mol. The summed E-state index contributed by atoms with van der Waals surface area (Å²) in [5, 5.41) is 20.0. The van der Waals surface area contributed by atoms with Gasteiger partial charge in [-0.15, -0.1) is 0 Å². The summed E-state index contributed by atoms with van der Waals surface area (Å²) >= 11 is 0. The number of phenolic OH excluding ortho intramolecular Hbond substituents is 1. The summed E-state index contributed by atoms with van der Waals surface area (Å²) in [6.07, 6.45) is 6.78. The predicted octanol–water partition coefficient (Wildman–Crippen LogP) is 1.38. The summed E-state index contributed by atoms with van der Waals surface area (Å²) in [6, 6.07) is 5.96. The van der Waals surface area contributed by atoms with Gasteiger partial charge in [0.15, 0.2) is 0 Å². The molecule has 3 aliphatic carbocycles. The van der Waals surface area contributed by atoms with E-state index >= 15 is 0 Å². The van der Waals surface area contributed by atoms with Crippen LogP contribution < -0.4 is 0 Å². The Morgan fingerprint density at radius 3 is 2.33 bits per heavy atom. The number of phosphoric acid groups is 1. The van der Waals surface area contributed by atoms with E-state index in [-0.39, 0.29) is 70.6 Å². The molecule has 5 N–H and O–H groups in total. The second-order valence-corrected chi connectivity index (χ2v) is 8.98. The van der Waals surface area contributed by atoms with Gasteiger partial charge >= 0.3 is 66.9 Å². The molecule has 4 rings (SSSR count). The van der Waals surface area contributed by atoms with Gasteiger partial charge in [-0.25, -0.2) is 4.57 Å². The molecule has 144 valence electrons. The molecule has 3 aliphatic rings. The van der Waals surface area contributed by atoms with Crippen LogP contribution in [0.4, 0.5) is 0 Å². The van der Waals surface area contributed by atoms with Crippen LogP contribution in [0.2, 0.25) is 0 Å². The molecule has 2 saturated carbocycles. The minimum absolute atomic E-state index is 0. The zero-order valence-electron chi connectivity index (χ0n) is 14.4. The molecule has 1 aromatic rings. The minimum atomic E-state index is -4.64. The fraction of sp³-hybridized carbons (Fsp3) is 0.667. The van der Waals surface area contributed by atoms with E-state index in [2.05, 4.69) is 13.0 Å². The number of benzene rings is 1. The van der Waals surface area contributed by atoms with Crippen LogP contribution in [0.5, 0.6) is 5.75 Å². The topological polar surface area (TPSA) is 118 Å². The molecule has 0 spiro atoms. The molecule has 1 aromatic carbocycles. The first kappa shape index (κ1) is 26.1. The molecule has 0 aliphatic heterocycles. The second kappa shape index (κ2) is 9.93. The van der Waals surface area contributed by atoms with E-state index in [1.807, 2.05) is 12.1 Å². The van der Waals surface area contributed by atoms with E-state index in [0.717, 1.165) is 25.2 Å². The van der Waals surface area contributed by atoms with Crippen molar-refractivity contribution >= 4 is 66.9 Å². The molecule has 0 amide bonds. The number of aromatic hydroxyl groups is 1. The second-order valence-electron chi connectivity index (χ2n) is 7.95. The molecule has 0 bridgehead atoms. The van der Waals surface area contributed by atoms with E-state index in [1.165, 1.54) is 30.4 Å². The Labute approximate surface area is 204 Å². The summed E-state index contributed by atoms with van der Waals surface area (Å²) in [4.78, 5) is 21.6. The number of aryl methyl sites for hydroxylation is 1. The fourth-order valence-electron chi connectivity index (χ4n) is 5.54. The molecular formula is C18H29Na2O6P. The van der Waals surface area contributed by atoms with Crippen molar-refractivity contribution in [3.63, 3.8) is 0 Å². The van der Waals surface area contributed by atoms with Crippen LogP contribution in [-0.2, 0) is 11.0 Å². The number of aliphatic hydroxyl groups excluding tert-OH is 1. The number of fused-ring (bicyclic) bond motifs is 5. The van der Waals surface area contributed by atoms with Crippen molar-refractivity contribution < 1.29 is 29.5 Å². The number of hydrogen-bond donors (Lipinski definition) is 5. The van der Waals surface area contributed by atoms with E-state index in [0.29, 0.717) is 17.6 Å². The first-order valence-corrected chi connectivity index (χ1v) is 10.4. The molecule has 0 aromatic heterocycles. The van der Waals surface area contributed by atoms with Gasteiger partial charge in [-0.3, -0.25) is 0 Å². The van der Waals surface area contributed by atoms with Gasteiger partial charge < -0.3 is 24.9 Å². The Bertz CT molecular complexity index is 688. The van der Waals surface area contributed by atoms with Crippen LogP contribution in [0.15, 0.2) is 18.2 Å². The van der Waals surface area contributed by atoms with Crippen molar-refractivity contribution in [2.75, 3.05) is 0 Å². The standard InChI is InChI=1S/C18H24O2.2Na.H3O4P.2H/c1-18-9-8-14-13-5-3-12(19)10-11(13)2-4-15(14)16(18)6-7-17(18)20;;;1-5(2,3)4;;/h3,5,10,14-17,19-20H,2,4,6-9H2,1H3;;;(H3,1,2,3,4);;/t14-,15-,16+,17+,18+;;;;;/m1...../s1. The van der Waals surface area contributed by atoms with Gasteiger partial charge in [-0.05, 0) is 85.0 Å². The molecule has 6 nitrogen and oxygen atoms in total. The van der Waals surface area contributed by atoms with Gasteiger partial charge in [0.25, 0.3) is 0 Å². The number of phenols is 1. The van der Waals surface area contributed by atoms with E-state index in [4.69, 9.17) is 19.2 Å². The third-order valence-corrected chi connectivity index (χ3v) is 6.66. The average molecular weight is 418 g/mol. The quantitative estimate of drug-likeness (QED) is 0.321. The molecule has 9 heteroatoms. The van der Waals surface area contributed by atoms with Gasteiger partial charge in [-0.2, -0.15) is 0 Å². The van der Waals surface area contributed by atoms with Crippen molar-refractivity contribution in [3.8, 4) is 5.75 Å². The first-order chi connectivity index (χ1) is 11.6. The van der Waals surface area contributed by atoms with Crippen LogP contribution in [0.1, 0.15) is 56.1 Å². The SMILES string of the molecule is C[C@]12CC[C@@H]3c4ccc(O)cc4CC[C@H]3[C@@H]1CC[C@@H]2O.O=P(O)(O)O.[NaH].[NaH]. The number of rotatable bonds is 0. The van der Waals surface area contributed by atoms with Crippen LogP contribution in [0.3, 0.4) is 0 Å². The van der Waals surface area contributed by atoms with Gasteiger partial charge in [0.1, 0.15) is 5.75 Å². The number of hydrogen-bond acceptors (Lipinski definition) is 3. The third-order valence-electron chi connectivity index (χ3n) is 6.66. The Kier molecular flexibility index (Phi) is 9.61. The van der Waals surface area contributed by atoms with E-state index in [1.54, 1.807) is 0 Å². The number of aliphatic hydroxyl groups is 1. The summed E-state index contributed by atoms with van der Waals surface area (Å²) in [5.74, 6) is 2.49. The van der Waals surface area contributed by atoms with Crippen LogP contribution >= 0.6 is 7.82 Å². The summed E-state index contributed by atoms with van der Waals surface area (Å²) in [5.41, 5.74) is 2.99. The van der Waals surface area contributed by atoms with Crippen LogP contribution in [0.25, 0.3) is 0 Å².